The molecule has 3 rings (SSSR count). The number of carboxylic acids is 1. The van der Waals surface area contributed by atoms with Crippen LogP contribution in [0.4, 0.5) is 0 Å². The van der Waals surface area contributed by atoms with E-state index in [-0.39, 0.29) is 17.7 Å². The summed E-state index contributed by atoms with van der Waals surface area (Å²) in [6.07, 6.45) is 1.94. The fourth-order valence-corrected chi connectivity index (χ4v) is 2.39. The third-order valence-corrected chi connectivity index (χ3v) is 3.52. The maximum atomic E-state index is 11.2. The molecule has 0 aromatic heterocycles. The van der Waals surface area contributed by atoms with Gasteiger partial charge >= 0.3 is 5.97 Å². The largest absolute Gasteiger partial charge is 0.508 e. The van der Waals surface area contributed by atoms with Crippen molar-refractivity contribution >= 4 is 5.97 Å². The highest BCUT2D eigenvalue weighted by Gasteiger charge is 2.39. The number of carbonyl (C=O) groups is 1. The Morgan fingerprint density at radius 1 is 1.44 bits per heavy atom. The van der Waals surface area contributed by atoms with Crippen LogP contribution >= 0.6 is 0 Å². The molecule has 5 nitrogen and oxygen atoms in total. The van der Waals surface area contributed by atoms with Gasteiger partial charge in [0.1, 0.15) is 24.1 Å². The second-order valence-corrected chi connectivity index (χ2v) is 4.91. The van der Waals surface area contributed by atoms with Crippen molar-refractivity contribution in [3.05, 3.63) is 23.8 Å². The molecule has 3 N–H and O–H groups in total. The Balaban J connectivity index is 1.77. The number of fused-ring (bicyclic) bond motifs is 1. The van der Waals surface area contributed by atoms with Gasteiger partial charge in [0.25, 0.3) is 0 Å². The van der Waals surface area contributed by atoms with Crippen molar-refractivity contribution in [2.24, 2.45) is 5.92 Å². The first-order valence-electron chi connectivity index (χ1n) is 6.09. The maximum absolute atomic E-state index is 11.2. The van der Waals surface area contributed by atoms with Crippen LogP contribution in [0.2, 0.25) is 0 Å². The number of nitrogens with one attached hydrogen (secondary N) is 1. The van der Waals surface area contributed by atoms with Gasteiger partial charge in [-0.25, -0.2) is 0 Å². The first kappa shape index (κ1) is 11.3. The fourth-order valence-electron chi connectivity index (χ4n) is 2.39. The molecule has 1 aliphatic heterocycles. The van der Waals surface area contributed by atoms with Crippen molar-refractivity contribution in [1.82, 2.24) is 5.32 Å². The van der Waals surface area contributed by atoms with Crippen molar-refractivity contribution in [2.45, 2.75) is 24.9 Å². The smallest absolute Gasteiger partial charge is 0.321 e. The summed E-state index contributed by atoms with van der Waals surface area (Å²) in [5, 5.41) is 21.7. The van der Waals surface area contributed by atoms with E-state index in [2.05, 4.69) is 5.32 Å². The van der Waals surface area contributed by atoms with Crippen molar-refractivity contribution in [1.29, 1.82) is 0 Å². The number of aromatic hydroxyl groups is 1. The summed E-state index contributed by atoms with van der Waals surface area (Å²) < 4.78 is 5.46. The molecule has 2 unspecified atom stereocenters. The molecule has 2 atom stereocenters. The van der Waals surface area contributed by atoms with E-state index < -0.39 is 12.0 Å². The van der Waals surface area contributed by atoms with Crippen molar-refractivity contribution in [3.8, 4) is 11.5 Å². The zero-order valence-electron chi connectivity index (χ0n) is 9.80. The van der Waals surface area contributed by atoms with Gasteiger partial charge in [0, 0.05) is 11.6 Å². The fraction of sp³-hybridized carbons (Fsp3) is 0.462. The Morgan fingerprint density at radius 3 is 2.89 bits per heavy atom. The molecule has 1 heterocycles. The van der Waals surface area contributed by atoms with Gasteiger partial charge in [0.15, 0.2) is 0 Å². The van der Waals surface area contributed by atoms with E-state index in [4.69, 9.17) is 4.74 Å². The highest BCUT2D eigenvalue weighted by Crippen LogP contribution is 2.38. The summed E-state index contributed by atoms with van der Waals surface area (Å²) >= 11 is 0. The zero-order valence-corrected chi connectivity index (χ0v) is 9.80. The first-order chi connectivity index (χ1) is 8.65. The first-order valence-corrected chi connectivity index (χ1v) is 6.09. The molecule has 2 aliphatic rings. The normalized spacial score (nSPS) is 23.2. The van der Waals surface area contributed by atoms with Gasteiger partial charge in [0.2, 0.25) is 0 Å². The molecule has 0 amide bonds. The molecule has 1 aromatic carbocycles. The number of phenolic OH excluding ortho intramolecular Hbond substituents is 1. The van der Waals surface area contributed by atoms with Gasteiger partial charge in [-0.15, -0.1) is 0 Å². The van der Waals surface area contributed by atoms with Gasteiger partial charge in [0.05, 0.1) is 6.04 Å². The standard InChI is InChI=1S/C13H15NO4/c15-8-3-4-9-10(6-18-11(9)5-8)14-12(13(16)17)7-1-2-7/h3-5,7,10,12,14-15H,1-2,6H2,(H,16,17). The highest BCUT2D eigenvalue weighted by molar-refractivity contribution is 5.74. The molecule has 0 saturated heterocycles. The van der Waals surface area contributed by atoms with Crippen LogP contribution in [-0.2, 0) is 4.79 Å². The van der Waals surface area contributed by atoms with Crippen LogP contribution in [-0.4, -0.2) is 28.8 Å². The van der Waals surface area contributed by atoms with Gasteiger partial charge in [-0.1, -0.05) is 0 Å². The summed E-state index contributed by atoms with van der Waals surface area (Å²) in [6.45, 7) is 0.412. The van der Waals surface area contributed by atoms with Crippen molar-refractivity contribution in [3.63, 3.8) is 0 Å². The van der Waals surface area contributed by atoms with Crippen LogP contribution < -0.4 is 10.1 Å². The minimum atomic E-state index is -0.801. The molecular formula is C13H15NO4. The van der Waals surface area contributed by atoms with Crippen molar-refractivity contribution < 1.29 is 19.7 Å². The Bertz CT molecular complexity index is 484. The predicted molar refractivity (Wildman–Crippen MR) is 63.6 cm³/mol. The van der Waals surface area contributed by atoms with E-state index >= 15 is 0 Å². The maximum Gasteiger partial charge on any atom is 0.321 e. The third-order valence-electron chi connectivity index (χ3n) is 3.52. The summed E-state index contributed by atoms with van der Waals surface area (Å²) in [5.74, 6) is 0.229. The topological polar surface area (TPSA) is 78.8 Å². The number of hydrogen-bond donors (Lipinski definition) is 3. The monoisotopic (exact) mass is 249 g/mol. The van der Waals surface area contributed by atoms with E-state index in [1.165, 1.54) is 0 Å². The zero-order chi connectivity index (χ0) is 12.7. The number of phenols is 1. The highest BCUT2D eigenvalue weighted by atomic mass is 16.5. The lowest BCUT2D eigenvalue weighted by Crippen LogP contribution is -2.41. The Labute approximate surface area is 104 Å². The van der Waals surface area contributed by atoms with Gasteiger partial charge in [-0.05, 0) is 30.9 Å². The molecule has 0 spiro atoms. The molecule has 1 saturated carbocycles. The number of benzene rings is 1. The Kier molecular flexibility index (Phi) is 2.63. The van der Waals surface area contributed by atoms with E-state index in [0.717, 1.165) is 18.4 Å². The Hall–Kier alpha value is -1.75. The van der Waals surface area contributed by atoms with Crippen LogP contribution in [0, 0.1) is 5.92 Å². The van der Waals surface area contributed by atoms with Crippen molar-refractivity contribution in [2.75, 3.05) is 6.61 Å². The van der Waals surface area contributed by atoms with Crippen LogP contribution in [0.25, 0.3) is 0 Å². The third kappa shape index (κ3) is 2.01. The lowest BCUT2D eigenvalue weighted by Gasteiger charge is -2.18. The number of ether oxygens (including phenoxy) is 1. The molecular weight excluding hydrogens is 234 g/mol. The molecule has 1 aromatic rings. The summed E-state index contributed by atoms with van der Waals surface area (Å²) in [4.78, 5) is 11.2. The SMILES string of the molecule is O=C(O)C(NC1COc2cc(O)ccc21)C1CC1. The number of hydrogen-bond acceptors (Lipinski definition) is 4. The summed E-state index contributed by atoms with van der Waals surface area (Å²) in [6, 6.07) is 4.32. The second-order valence-electron chi connectivity index (χ2n) is 4.91. The lowest BCUT2D eigenvalue weighted by atomic mass is 10.1. The lowest BCUT2D eigenvalue weighted by molar-refractivity contribution is -0.140. The summed E-state index contributed by atoms with van der Waals surface area (Å²) in [5.41, 5.74) is 0.916. The average molecular weight is 249 g/mol. The molecule has 1 fully saturated rings. The molecule has 0 radical (unpaired) electrons. The van der Waals surface area contributed by atoms with Gasteiger partial charge in [-0.3, -0.25) is 10.1 Å². The number of aliphatic carboxylic acids is 1. The molecule has 18 heavy (non-hydrogen) atoms. The molecule has 0 bridgehead atoms. The minimum Gasteiger partial charge on any atom is -0.508 e. The molecule has 5 heteroatoms. The number of rotatable bonds is 4. The quantitative estimate of drug-likeness (QED) is 0.749. The van der Waals surface area contributed by atoms with Gasteiger partial charge < -0.3 is 14.9 Å². The van der Waals surface area contributed by atoms with Crippen LogP contribution in [0.1, 0.15) is 24.4 Å². The van der Waals surface area contributed by atoms with Crippen LogP contribution in [0.15, 0.2) is 18.2 Å². The van der Waals surface area contributed by atoms with Crippen LogP contribution in [0.3, 0.4) is 0 Å². The summed E-state index contributed by atoms with van der Waals surface area (Å²) in [7, 11) is 0. The van der Waals surface area contributed by atoms with E-state index in [9.17, 15) is 15.0 Å². The average Bonchev–Trinajstić information content (AvgIpc) is 3.08. The number of carboxylic acid groups (broad SMARTS) is 1. The van der Waals surface area contributed by atoms with E-state index in [1.807, 2.05) is 0 Å². The molecule has 96 valence electrons. The minimum absolute atomic E-state index is 0.109. The van der Waals surface area contributed by atoms with E-state index in [0.29, 0.717) is 12.4 Å². The Morgan fingerprint density at radius 2 is 2.22 bits per heavy atom. The predicted octanol–water partition coefficient (Wildman–Crippen LogP) is 1.28. The van der Waals surface area contributed by atoms with Crippen LogP contribution in [0.5, 0.6) is 11.5 Å². The molecule has 1 aliphatic carbocycles. The second kappa shape index (κ2) is 4.17. The van der Waals surface area contributed by atoms with E-state index in [1.54, 1.807) is 18.2 Å². The van der Waals surface area contributed by atoms with Gasteiger partial charge in [-0.2, -0.15) is 0 Å².